The molecule has 0 radical (unpaired) electrons. The molecule has 0 aromatic heterocycles. The van der Waals surface area contributed by atoms with Gasteiger partial charge >= 0.3 is 0 Å². The average Bonchev–Trinajstić information content (AvgIpc) is 2.99. The molecule has 0 aliphatic heterocycles. The smallest absolute Gasteiger partial charge is 0.0761 e. The number of hydrogen-bond acceptors (Lipinski definition) is 2. The maximum absolute atomic E-state index is 10.0. The molecule has 1 aromatic rings. The van der Waals surface area contributed by atoms with Gasteiger partial charge in [-0.3, -0.25) is 0 Å². The lowest BCUT2D eigenvalue weighted by atomic mass is 9.91. The van der Waals surface area contributed by atoms with E-state index in [9.17, 15) is 5.11 Å². The number of benzene rings is 1. The van der Waals surface area contributed by atoms with Crippen molar-refractivity contribution < 1.29 is 5.11 Å². The zero-order chi connectivity index (χ0) is 11.0. The molecule has 1 aliphatic carbocycles. The number of aliphatic hydroxyl groups is 1. The number of hydrogen-bond donors (Lipinski definition) is 2. The molecule has 0 spiro atoms. The Morgan fingerprint density at radius 2 is 1.75 bits per heavy atom. The zero-order valence-electron chi connectivity index (χ0n) is 9.81. The summed E-state index contributed by atoms with van der Waals surface area (Å²) in [4.78, 5) is 0. The minimum Gasteiger partial charge on any atom is -0.391 e. The lowest BCUT2D eigenvalue weighted by Crippen LogP contribution is -2.29. The van der Waals surface area contributed by atoms with Gasteiger partial charge in [0.05, 0.1) is 12.1 Å². The summed E-state index contributed by atoms with van der Waals surface area (Å²) < 4.78 is 0. The second-order valence-electron chi connectivity index (χ2n) is 4.66. The van der Waals surface area contributed by atoms with Crippen LogP contribution < -0.4 is 5.73 Å². The van der Waals surface area contributed by atoms with Crippen LogP contribution in [0.1, 0.15) is 35.6 Å². The SMILES string of the molecule is Cc1cccc(C)c1[C@H](N)[C@H](O)C1CC1.Cl. The Morgan fingerprint density at radius 1 is 1.25 bits per heavy atom. The molecule has 1 saturated carbocycles. The monoisotopic (exact) mass is 241 g/mol. The third-order valence-corrected chi connectivity index (χ3v) is 3.35. The Hall–Kier alpha value is -0.570. The van der Waals surface area contributed by atoms with Crippen molar-refractivity contribution in [2.45, 2.75) is 38.8 Å². The third-order valence-electron chi connectivity index (χ3n) is 3.35. The molecule has 0 amide bonds. The van der Waals surface area contributed by atoms with Crippen LogP contribution in [0.3, 0.4) is 0 Å². The van der Waals surface area contributed by atoms with Crippen LogP contribution in [0.25, 0.3) is 0 Å². The van der Waals surface area contributed by atoms with Crippen molar-refractivity contribution in [3.63, 3.8) is 0 Å². The van der Waals surface area contributed by atoms with Crippen molar-refractivity contribution in [1.29, 1.82) is 0 Å². The van der Waals surface area contributed by atoms with Crippen LogP contribution in [0.5, 0.6) is 0 Å². The molecule has 16 heavy (non-hydrogen) atoms. The van der Waals surface area contributed by atoms with Gasteiger partial charge < -0.3 is 10.8 Å². The fourth-order valence-corrected chi connectivity index (χ4v) is 2.25. The van der Waals surface area contributed by atoms with Crippen molar-refractivity contribution in [2.75, 3.05) is 0 Å². The summed E-state index contributed by atoms with van der Waals surface area (Å²) in [5.74, 6) is 0.430. The predicted octanol–water partition coefficient (Wildman–Crippen LogP) is 2.50. The summed E-state index contributed by atoms with van der Waals surface area (Å²) >= 11 is 0. The van der Waals surface area contributed by atoms with Gasteiger partial charge in [-0.1, -0.05) is 18.2 Å². The van der Waals surface area contributed by atoms with Gasteiger partial charge in [0.15, 0.2) is 0 Å². The van der Waals surface area contributed by atoms with Gasteiger partial charge in [-0.25, -0.2) is 0 Å². The molecule has 0 bridgehead atoms. The van der Waals surface area contributed by atoms with Crippen molar-refractivity contribution in [2.24, 2.45) is 11.7 Å². The highest BCUT2D eigenvalue weighted by Gasteiger charge is 2.35. The Bertz CT molecular complexity index is 343. The Labute approximate surface area is 103 Å². The first-order chi connectivity index (χ1) is 7.11. The van der Waals surface area contributed by atoms with E-state index in [2.05, 4.69) is 26.0 Å². The highest BCUT2D eigenvalue weighted by molar-refractivity contribution is 5.85. The molecule has 2 nitrogen and oxygen atoms in total. The molecule has 1 aromatic carbocycles. The highest BCUT2D eigenvalue weighted by atomic mass is 35.5. The van der Waals surface area contributed by atoms with Crippen LogP contribution in [0.2, 0.25) is 0 Å². The first-order valence-electron chi connectivity index (χ1n) is 5.61. The van der Waals surface area contributed by atoms with E-state index in [-0.39, 0.29) is 24.6 Å². The highest BCUT2D eigenvalue weighted by Crippen LogP contribution is 2.38. The van der Waals surface area contributed by atoms with E-state index in [0.29, 0.717) is 5.92 Å². The van der Waals surface area contributed by atoms with Gasteiger partial charge in [0.2, 0.25) is 0 Å². The Kier molecular flexibility index (Phi) is 4.36. The predicted molar refractivity (Wildman–Crippen MR) is 68.8 cm³/mol. The maximum atomic E-state index is 10.0. The van der Waals surface area contributed by atoms with Gasteiger partial charge in [-0.05, 0) is 49.3 Å². The van der Waals surface area contributed by atoms with Crippen LogP contribution in [0.15, 0.2) is 18.2 Å². The summed E-state index contributed by atoms with van der Waals surface area (Å²) in [6.45, 7) is 4.11. The quantitative estimate of drug-likeness (QED) is 0.854. The summed E-state index contributed by atoms with van der Waals surface area (Å²) in [5.41, 5.74) is 9.62. The zero-order valence-corrected chi connectivity index (χ0v) is 10.6. The van der Waals surface area contributed by atoms with E-state index in [1.165, 1.54) is 11.1 Å². The normalized spacial score (nSPS) is 18.8. The minimum atomic E-state index is -0.371. The molecular formula is C13H20ClNO. The van der Waals surface area contributed by atoms with E-state index in [1.807, 2.05) is 6.07 Å². The molecule has 2 rings (SSSR count). The molecule has 1 aliphatic rings. The summed E-state index contributed by atoms with van der Waals surface area (Å²) in [7, 11) is 0. The van der Waals surface area contributed by atoms with Crippen molar-refractivity contribution in [3.05, 3.63) is 34.9 Å². The van der Waals surface area contributed by atoms with Crippen molar-refractivity contribution in [3.8, 4) is 0 Å². The van der Waals surface area contributed by atoms with Gasteiger partial charge in [0.25, 0.3) is 0 Å². The second-order valence-corrected chi connectivity index (χ2v) is 4.66. The van der Waals surface area contributed by atoms with E-state index >= 15 is 0 Å². The van der Waals surface area contributed by atoms with Crippen LogP contribution in [-0.2, 0) is 0 Å². The molecule has 0 heterocycles. The van der Waals surface area contributed by atoms with Crippen LogP contribution in [0, 0.1) is 19.8 Å². The van der Waals surface area contributed by atoms with E-state index in [0.717, 1.165) is 18.4 Å². The Balaban J connectivity index is 0.00000128. The third kappa shape index (κ3) is 2.57. The minimum absolute atomic E-state index is 0. The lowest BCUT2D eigenvalue weighted by molar-refractivity contribution is 0.122. The molecule has 3 heteroatoms. The van der Waals surface area contributed by atoms with E-state index < -0.39 is 0 Å². The summed E-state index contributed by atoms with van der Waals surface area (Å²) in [6, 6.07) is 5.92. The van der Waals surface area contributed by atoms with Gasteiger partial charge in [0, 0.05) is 0 Å². The largest absolute Gasteiger partial charge is 0.391 e. The number of rotatable bonds is 3. The average molecular weight is 242 g/mol. The van der Waals surface area contributed by atoms with Crippen molar-refractivity contribution >= 4 is 12.4 Å². The molecule has 3 N–H and O–H groups in total. The van der Waals surface area contributed by atoms with Gasteiger partial charge in [-0.2, -0.15) is 0 Å². The molecule has 0 unspecified atom stereocenters. The Morgan fingerprint density at radius 3 is 2.19 bits per heavy atom. The standard InChI is InChI=1S/C13H19NO.ClH/c1-8-4-3-5-9(2)11(8)12(14)13(15)10-6-7-10;/h3-5,10,12-13,15H,6-7,14H2,1-2H3;1H/t12-,13+;/m0./s1. The first kappa shape index (κ1) is 13.5. The maximum Gasteiger partial charge on any atom is 0.0761 e. The van der Waals surface area contributed by atoms with E-state index in [4.69, 9.17) is 5.73 Å². The molecule has 90 valence electrons. The van der Waals surface area contributed by atoms with Crippen molar-refractivity contribution in [1.82, 2.24) is 0 Å². The number of nitrogens with two attached hydrogens (primary N) is 1. The second kappa shape index (κ2) is 5.17. The van der Waals surface area contributed by atoms with Crippen LogP contribution in [-0.4, -0.2) is 11.2 Å². The molecular weight excluding hydrogens is 222 g/mol. The van der Waals surface area contributed by atoms with Crippen LogP contribution >= 0.6 is 12.4 Å². The molecule has 2 atom stereocenters. The molecule has 1 fully saturated rings. The first-order valence-corrected chi connectivity index (χ1v) is 5.61. The van der Waals surface area contributed by atoms with Gasteiger partial charge in [-0.15, -0.1) is 12.4 Å². The lowest BCUT2D eigenvalue weighted by Gasteiger charge is -2.22. The fourth-order valence-electron chi connectivity index (χ4n) is 2.25. The number of aliphatic hydroxyl groups excluding tert-OH is 1. The summed E-state index contributed by atoms with van der Waals surface area (Å²) in [5, 5.41) is 10.0. The number of aryl methyl sites for hydroxylation is 2. The summed E-state index contributed by atoms with van der Waals surface area (Å²) in [6.07, 6.45) is 1.88. The van der Waals surface area contributed by atoms with E-state index in [1.54, 1.807) is 0 Å². The topological polar surface area (TPSA) is 46.2 Å². The molecule has 0 saturated heterocycles. The van der Waals surface area contributed by atoms with Crippen LogP contribution in [0.4, 0.5) is 0 Å². The fraction of sp³-hybridized carbons (Fsp3) is 0.538. The number of halogens is 1. The van der Waals surface area contributed by atoms with Gasteiger partial charge in [0.1, 0.15) is 0 Å².